The summed E-state index contributed by atoms with van der Waals surface area (Å²) in [5, 5.41) is 21.1. The predicted molar refractivity (Wildman–Crippen MR) is 77.8 cm³/mol. The van der Waals surface area contributed by atoms with E-state index in [-0.39, 0.29) is 11.5 Å². The Bertz CT molecular complexity index is 889. The average Bonchev–Trinajstić information content (AvgIpc) is 2.86. The van der Waals surface area contributed by atoms with E-state index in [9.17, 15) is 15.4 Å². The van der Waals surface area contributed by atoms with Crippen molar-refractivity contribution in [1.29, 1.82) is 5.26 Å². The van der Waals surface area contributed by atoms with Gasteiger partial charge in [-0.3, -0.25) is 10.1 Å². The molecule has 0 radical (unpaired) electrons. The van der Waals surface area contributed by atoms with Crippen LogP contribution in [0.15, 0.2) is 46.9 Å². The Morgan fingerprint density at radius 2 is 1.95 bits per heavy atom. The summed E-state index contributed by atoms with van der Waals surface area (Å²) >= 11 is 0. The highest BCUT2D eigenvalue weighted by Crippen LogP contribution is 2.41. The average molecular weight is 278 g/mol. The molecule has 0 saturated carbocycles. The number of hydrogen-bond donors (Lipinski definition) is 0. The van der Waals surface area contributed by atoms with E-state index in [2.05, 4.69) is 0 Å². The highest BCUT2D eigenvalue weighted by molar-refractivity contribution is 6.01. The van der Waals surface area contributed by atoms with Gasteiger partial charge in [0.1, 0.15) is 16.6 Å². The highest BCUT2D eigenvalue weighted by atomic mass is 16.6. The van der Waals surface area contributed by atoms with Crippen molar-refractivity contribution in [2.24, 2.45) is 0 Å². The molecule has 0 aliphatic rings. The molecule has 0 atom stereocenters. The molecule has 0 aliphatic carbocycles. The summed E-state index contributed by atoms with van der Waals surface area (Å²) in [6.45, 7) is 1.84. The van der Waals surface area contributed by atoms with E-state index >= 15 is 0 Å². The van der Waals surface area contributed by atoms with E-state index in [0.29, 0.717) is 22.1 Å². The maximum Gasteiger partial charge on any atom is 0.442 e. The fourth-order valence-electron chi connectivity index (χ4n) is 2.43. The van der Waals surface area contributed by atoms with Crippen LogP contribution in [0.3, 0.4) is 0 Å². The van der Waals surface area contributed by atoms with Crippen molar-refractivity contribution in [3.8, 4) is 17.2 Å². The van der Waals surface area contributed by atoms with E-state index in [1.54, 1.807) is 36.4 Å². The second kappa shape index (κ2) is 4.76. The van der Waals surface area contributed by atoms with Crippen molar-refractivity contribution >= 4 is 16.9 Å². The number of aryl methyl sites for hydroxylation is 1. The van der Waals surface area contributed by atoms with Crippen LogP contribution in [-0.4, -0.2) is 4.92 Å². The number of nitriles is 1. The summed E-state index contributed by atoms with van der Waals surface area (Å²) in [5.74, 6) is -0.335. The quantitative estimate of drug-likeness (QED) is 0.520. The summed E-state index contributed by atoms with van der Waals surface area (Å²) < 4.78 is 5.37. The molecule has 0 unspecified atom stereocenters. The smallest absolute Gasteiger partial charge is 0.399 e. The van der Waals surface area contributed by atoms with Crippen molar-refractivity contribution in [3.05, 3.63) is 63.7 Å². The minimum atomic E-state index is -0.557. The van der Waals surface area contributed by atoms with E-state index < -0.39 is 4.92 Å². The van der Waals surface area contributed by atoms with Gasteiger partial charge in [0.2, 0.25) is 0 Å². The predicted octanol–water partition coefficient (Wildman–Crippen LogP) is 4.19. The molecule has 1 aromatic heterocycles. The summed E-state index contributed by atoms with van der Waals surface area (Å²) in [6.07, 6.45) is 0. The van der Waals surface area contributed by atoms with Gasteiger partial charge in [0, 0.05) is 5.39 Å². The Balaban J connectivity index is 2.47. The van der Waals surface area contributed by atoms with Crippen molar-refractivity contribution in [1.82, 2.24) is 0 Å². The Kier molecular flexibility index (Phi) is 2.92. The zero-order valence-electron chi connectivity index (χ0n) is 11.2. The summed E-state index contributed by atoms with van der Waals surface area (Å²) in [4.78, 5) is 10.7. The number of fused-ring (bicyclic) bond motifs is 1. The molecule has 2 aromatic carbocycles. The number of hydrogen-bond acceptors (Lipinski definition) is 4. The molecule has 0 aliphatic heterocycles. The van der Waals surface area contributed by atoms with Crippen LogP contribution in [0.25, 0.3) is 22.1 Å². The summed E-state index contributed by atoms with van der Waals surface area (Å²) in [7, 11) is 0. The van der Waals surface area contributed by atoms with Gasteiger partial charge in [-0.05, 0) is 30.2 Å². The van der Waals surface area contributed by atoms with Gasteiger partial charge in [0.25, 0.3) is 0 Å². The Morgan fingerprint density at radius 3 is 2.57 bits per heavy atom. The van der Waals surface area contributed by atoms with Crippen LogP contribution in [-0.2, 0) is 0 Å². The number of benzene rings is 2. The maximum absolute atomic E-state index is 11.3. The van der Waals surface area contributed by atoms with Gasteiger partial charge in [0.05, 0.1) is 5.56 Å². The number of nitrogens with zero attached hydrogens (tertiary/aromatic N) is 2. The van der Waals surface area contributed by atoms with Gasteiger partial charge in [0.15, 0.2) is 5.58 Å². The third-order valence-electron chi connectivity index (χ3n) is 3.26. The second-order valence-corrected chi connectivity index (χ2v) is 4.71. The summed E-state index contributed by atoms with van der Waals surface area (Å²) in [6, 6.07) is 14.5. The molecule has 21 heavy (non-hydrogen) atoms. The first kappa shape index (κ1) is 12.9. The molecular weight excluding hydrogens is 268 g/mol. The van der Waals surface area contributed by atoms with E-state index in [0.717, 1.165) is 5.56 Å². The molecule has 0 fully saturated rings. The molecule has 0 N–H and O–H groups in total. The van der Waals surface area contributed by atoms with Gasteiger partial charge in [-0.15, -0.1) is 0 Å². The zero-order chi connectivity index (χ0) is 15.0. The van der Waals surface area contributed by atoms with Gasteiger partial charge in [-0.2, -0.15) is 5.26 Å². The fraction of sp³-hybridized carbons (Fsp3) is 0.0625. The number of furan rings is 1. The lowest BCUT2D eigenvalue weighted by Gasteiger charge is -1.99. The molecule has 0 amide bonds. The van der Waals surface area contributed by atoms with Gasteiger partial charge < -0.3 is 4.42 Å². The minimum Gasteiger partial charge on any atom is -0.399 e. The van der Waals surface area contributed by atoms with Crippen LogP contribution in [0.4, 0.5) is 5.88 Å². The molecule has 3 rings (SSSR count). The third kappa shape index (κ3) is 2.03. The standard InChI is InChI=1S/C16H10N2O3/c1-10-7-12(9-17)15-13(8-10)14(16(21-15)18(19)20)11-5-3-2-4-6-11/h2-8H,1H3. The van der Waals surface area contributed by atoms with Crippen LogP contribution < -0.4 is 0 Å². The van der Waals surface area contributed by atoms with Crippen LogP contribution in [0, 0.1) is 28.4 Å². The lowest BCUT2D eigenvalue weighted by molar-refractivity contribution is -0.400. The van der Waals surface area contributed by atoms with E-state index in [1.807, 2.05) is 19.1 Å². The maximum atomic E-state index is 11.3. The highest BCUT2D eigenvalue weighted by Gasteiger charge is 2.26. The number of nitro groups is 1. The van der Waals surface area contributed by atoms with Gasteiger partial charge in [-0.25, -0.2) is 0 Å². The van der Waals surface area contributed by atoms with Gasteiger partial charge in [-0.1, -0.05) is 30.3 Å². The Morgan fingerprint density at radius 1 is 1.24 bits per heavy atom. The Hall–Kier alpha value is -3.13. The van der Waals surface area contributed by atoms with Crippen molar-refractivity contribution in [2.45, 2.75) is 6.92 Å². The molecule has 0 saturated heterocycles. The van der Waals surface area contributed by atoms with Crippen LogP contribution in [0.5, 0.6) is 0 Å². The zero-order valence-corrected chi connectivity index (χ0v) is 11.2. The van der Waals surface area contributed by atoms with E-state index in [1.165, 1.54) is 0 Å². The first-order valence-electron chi connectivity index (χ1n) is 6.29. The van der Waals surface area contributed by atoms with E-state index in [4.69, 9.17) is 4.42 Å². The normalized spacial score (nSPS) is 10.5. The molecule has 3 aromatic rings. The molecule has 5 heteroatoms. The monoisotopic (exact) mass is 278 g/mol. The topological polar surface area (TPSA) is 80.1 Å². The third-order valence-corrected chi connectivity index (χ3v) is 3.26. The lowest BCUT2D eigenvalue weighted by atomic mass is 10.0. The molecule has 1 heterocycles. The molecular formula is C16H10N2O3. The Labute approximate surface area is 120 Å². The molecule has 102 valence electrons. The van der Waals surface area contributed by atoms with Crippen molar-refractivity contribution in [3.63, 3.8) is 0 Å². The second-order valence-electron chi connectivity index (χ2n) is 4.71. The minimum absolute atomic E-state index is 0.258. The largest absolute Gasteiger partial charge is 0.442 e. The van der Waals surface area contributed by atoms with Crippen molar-refractivity contribution in [2.75, 3.05) is 0 Å². The molecule has 0 spiro atoms. The van der Waals surface area contributed by atoms with Crippen LogP contribution in [0.1, 0.15) is 11.1 Å². The molecule has 5 nitrogen and oxygen atoms in total. The number of rotatable bonds is 2. The molecule has 0 bridgehead atoms. The van der Waals surface area contributed by atoms with Crippen molar-refractivity contribution < 1.29 is 9.34 Å². The fourth-order valence-corrected chi connectivity index (χ4v) is 2.43. The first-order chi connectivity index (χ1) is 10.1. The first-order valence-corrected chi connectivity index (χ1v) is 6.29. The SMILES string of the molecule is Cc1cc(C#N)c2oc([N+](=O)[O-])c(-c3ccccc3)c2c1. The van der Waals surface area contributed by atoms with Crippen LogP contribution >= 0.6 is 0 Å². The summed E-state index contributed by atoms with van der Waals surface area (Å²) in [5.41, 5.74) is 2.52. The van der Waals surface area contributed by atoms with Crippen LogP contribution in [0.2, 0.25) is 0 Å². The van der Waals surface area contributed by atoms with Gasteiger partial charge >= 0.3 is 5.88 Å². The lowest BCUT2D eigenvalue weighted by Crippen LogP contribution is -1.88.